The number of aromatic carboxylic acids is 1. The second-order valence-corrected chi connectivity index (χ2v) is 9.38. The Kier molecular flexibility index (Phi) is 6.20. The lowest BCUT2D eigenvalue weighted by atomic mass is 10.00. The highest BCUT2D eigenvalue weighted by atomic mass is 19.4. The number of allylic oxidation sites excluding steroid dienone is 1. The number of carbonyl (C=O) groups is 1. The van der Waals surface area contributed by atoms with Gasteiger partial charge in [-0.1, -0.05) is 12.2 Å². The zero-order chi connectivity index (χ0) is 27.4. The zero-order valence-electron chi connectivity index (χ0n) is 20.4. The normalized spacial score (nSPS) is 16.2. The van der Waals surface area contributed by atoms with Gasteiger partial charge < -0.3 is 15.3 Å². The quantitative estimate of drug-likeness (QED) is 0.457. The number of halogens is 4. The molecule has 2 aliphatic rings. The minimum absolute atomic E-state index is 0.0213. The number of benzene rings is 1. The molecule has 1 aliphatic carbocycles. The minimum Gasteiger partial charge on any atom is -0.478 e. The topological polar surface area (TPSA) is 100 Å². The van der Waals surface area contributed by atoms with E-state index in [4.69, 9.17) is 0 Å². The highest BCUT2D eigenvalue weighted by molar-refractivity contribution is 5.93. The summed E-state index contributed by atoms with van der Waals surface area (Å²) < 4.78 is 56.3. The molecule has 0 saturated carbocycles. The average molecular weight is 529 g/mol. The molecule has 0 bridgehead atoms. The molecule has 3 heterocycles. The largest absolute Gasteiger partial charge is 0.478 e. The maximum atomic E-state index is 13.8. The summed E-state index contributed by atoms with van der Waals surface area (Å²) in [6.45, 7) is 2.56. The number of alkyl halides is 3. The summed E-state index contributed by atoms with van der Waals surface area (Å²) in [5, 5.41) is 12.0. The van der Waals surface area contributed by atoms with E-state index in [1.807, 2.05) is 11.0 Å². The highest BCUT2D eigenvalue weighted by Gasteiger charge is 2.34. The Bertz CT molecular complexity index is 1590. The minimum atomic E-state index is -4.75. The first-order chi connectivity index (χ1) is 17.9. The van der Waals surface area contributed by atoms with Crippen LogP contribution < -0.4 is 15.8 Å². The molecule has 3 aromatic rings. The average Bonchev–Trinajstić information content (AvgIpc) is 3.30. The molecule has 0 saturated heterocycles. The molecule has 5 rings (SSSR count). The predicted molar refractivity (Wildman–Crippen MR) is 133 cm³/mol. The number of nitrogens with zero attached hydrogens (tertiary/aromatic N) is 4. The molecule has 0 unspecified atom stereocenters. The first-order valence-electron chi connectivity index (χ1n) is 11.8. The van der Waals surface area contributed by atoms with E-state index >= 15 is 0 Å². The Morgan fingerprint density at radius 2 is 1.97 bits per heavy atom. The number of pyridine rings is 1. The fourth-order valence-electron chi connectivity index (χ4n) is 4.91. The summed E-state index contributed by atoms with van der Waals surface area (Å²) in [5.74, 6) is -2.26. The van der Waals surface area contributed by atoms with Gasteiger partial charge in [-0.25, -0.2) is 19.2 Å². The highest BCUT2D eigenvalue weighted by Crippen LogP contribution is 2.36. The van der Waals surface area contributed by atoms with E-state index < -0.39 is 40.7 Å². The number of aromatic nitrogens is 3. The van der Waals surface area contributed by atoms with E-state index in [1.165, 1.54) is 24.1 Å². The van der Waals surface area contributed by atoms with Gasteiger partial charge >= 0.3 is 12.1 Å². The standard InChI is InChI=1S/C26H23F4N5O3/c1-13(32-22-20(24(37)38)9-17(27)10-31-22)18-7-16(26(28,29)30)8-19-21(18)33-25(34(2)23(19)36)35-11-14-5-3-4-6-15(14)12-35/h3,5,7-10,13H,4,6,11-12H2,1-2H3,(H,31,32)(H,37,38)/t13-/m1/s1. The molecule has 2 N–H and O–H groups in total. The molecule has 1 aromatic carbocycles. The number of rotatable bonds is 5. The van der Waals surface area contributed by atoms with Crippen LogP contribution in [0.15, 0.2) is 52.5 Å². The van der Waals surface area contributed by atoms with E-state index in [-0.39, 0.29) is 22.3 Å². The molecule has 0 fully saturated rings. The molecule has 38 heavy (non-hydrogen) atoms. The summed E-state index contributed by atoms with van der Waals surface area (Å²) in [6, 6.07) is 1.45. The molecule has 12 heteroatoms. The van der Waals surface area contributed by atoms with Crippen LogP contribution in [0.2, 0.25) is 0 Å². The molecular formula is C26H23F4N5O3. The Balaban J connectivity index is 1.64. The third-order valence-corrected chi connectivity index (χ3v) is 6.83. The zero-order valence-corrected chi connectivity index (χ0v) is 20.4. The van der Waals surface area contributed by atoms with Crippen molar-refractivity contribution < 1.29 is 27.5 Å². The van der Waals surface area contributed by atoms with Crippen LogP contribution in [0.1, 0.15) is 47.3 Å². The van der Waals surface area contributed by atoms with Gasteiger partial charge in [-0.15, -0.1) is 0 Å². The summed E-state index contributed by atoms with van der Waals surface area (Å²) in [5.41, 5.74) is 0.262. The third-order valence-electron chi connectivity index (χ3n) is 6.83. The smallest absolute Gasteiger partial charge is 0.416 e. The first-order valence-corrected chi connectivity index (χ1v) is 11.8. The van der Waals surface area contributed by atoms with E-state index in [0.717, 1.165) is 42.8 Å². The monoisotopic (exact) mass is 529 g/mol. The SMILES string of the molecule is C[C@@H](Nc1ncc(F)cc1C(=O)O)c1cc(C(F)(F)F)cc2c(=O)n(C)c(N3CC4=C(CCC=C4)C3)nc12. The van der Waals surface area contributed by atoms with Crippen LogP contribution in [-0.2, 0) is 13.2 Å². The van der Waals surface area contributed by atoms with E-state index in [2.05, 4.69) is 21.4 Å². The lowest BCUT2D eigenvalue weighted by molar-refractivity contribution is -0.137. The number of carboxylic acid groups (broad SMARTS) is 1. The summed E-state index contributed by atoms with van der Waals surface area (Å²) >= 11 is 0. The van der Waals surface area contributed by atoms with Crippen molar-refractivity contribution in [3.8, 4) is 0 Å². The molecule has 2 aromatic heterocycles. The maximum absolute atomic E-state index is 13.8. The van der Waals surface area contributed by atoms with Gasteiger partial charge in [0.1, 0.15) is 17.2 Å². The van der Waals surface area contributed by atoms with Crippen molar-refractivity contribution in [2.24, 2.45) is 7.05 Å². The molecule has 198 valence electrons. The Morgan fingerprint density at radius 3 is 2.66 bits per heavy atom. The van der Waals surface area contributed by atoms with Crippen LogP contribution in [0.5, 0.6) is 0 Å². The molecule has 1 aliphatic heterocycles. The first kappa shape index (κ1) is 25.4. The van der Waals surface area contributed by atoms with Crippen LogP contribution in [0, 0.1) is 5.82 Å². The Labute approximate surface area is 213 Å². The lowest BCUT2D eigenvalue weighted by Crippen LogP contribution is -2.31. The molecule has 8 nitrogen and oxygen atoms in total. The van der Waals surface area contributed by atoms with Gasteiger partial charge in [0.05, 0.1) is 28.7 Å². The van der Waals surface area contributed by atoms with Crippen molar-refractivity contribution in [3.63, 3.8) is 0 Å². The molecular weight excluding hydrogens is 506 g/mol. The molecule has 0 radical (unpaired) electrons. The Hall–Kier alpha value is -4.22. The summed E-state index contributed by atoms with van der Waals surface area (Å²) in [4.78, 5) is 35.3. The fourth-order valence-corrected chi connectivity index (χ4v) is 4.91. The van der Waals surface area contributed by atoms with Crippen LogP contribution in [0.3, 0.4) is 0 Å². The van der Waals surface area contributed by atoms with E-state index in [9.17, 15) is 32.3 Å². The van der Waals surface area contributed by atoms with Gasteiger partial charge in [0.15, 0.2) is 0 Å². The fraction of sp³-hybridized carbons (Fsp3) is 0.308. The van der Waals surface area contributed by atoms with Gasteiger partial charge in [-0.2, -0.15) is 13.2 Å². The van der Waals surface area contributed by atoms with Crippen LogP contribution in [0.25, 0.3) is 10.9 Å². The Morgan fingerprint density at radius 1 is 1.21 bits per heavy atom. The van der Waals surface area contributed by atoms with Crippen LogP contribution in [0.4, 0.5) is 29.3 Å². The summed E-state index contributed by atoms with van der Waals surface area (Å²) in [6.07, 6.45) is 1.97. The van der Waals surface area contributed by atoms with E-state index in [1.54, 1.807) is 0 Å². The third kappa shape index (κ3) is 4.50. The van der Waals surface area contributed by atoms with Crippen molar-refractivity contribution in [1.29, 1.82) is 0 Å². The van der Waals surface area contributed by atoms with Crippen molar-refractivity contribution in [1.82, 2.24) is 14.5 Å². The van der Waals surface area contributed by atoms with Crippen molar-refractivity contribution in [2.45, 2.75) is 32.0 Å². The van der Waals surface area contributed by atoms with Crippen LogP contribution in [-0.4, -0.2) is 38.7 Å². The van der Waals surface area contributed by atoms with Gasteiger partial charge in [0.2, 0.25) is 5.95 Å². The number of carboxylic acids is 1. The van der Waals surface area contributed by atoms with Crippen LogP contribution >= 0.6 is 0 Å². The predicted octanol–water partition coefficient (Wildman–Crippen LogP) is 4.82. The number of hydrogen-bond donors (Lipinski definition) is 2. The van der Waals surface area contributed by atoms with Crippen molar-refractivity contribution in [3.05, 3.63) is 80.6 Å². The molecule has 0 amide bonds. The number of hydrogen-bond acceptors (Lipinski definition) is 6. The summed E-state index contributed by atoms with van der Waals surface area (Å²) in [7, 11) is 1.47. The van der Waals surface area contributed by atoms with Crippen molar-refractivity contribution >= 4 is 28.6 Å². The van der Waals surface area contributed by atoms with Gasteiger partial charge in [-0.05, 0) is 49.1 Å². The number of fused-ring (bicyclic) bond motifs is 1. The second-order valence-electron chi connectivity index (χ2n) is 9.38. The molecule has 0 spiro atoms. The molecule has 1 atom stereocenters. The number of anilines is 2. The maximum Gasteiger partial charge on any atom is 0.416 e. The van der Waals surface area contributed by atoms with Crippen molar-refractivity contribution in [2.75, 3.05) is 23.3 Å². The van der Waals surface area contributed by atoms with Gasteiger partial charge in [-0.3, -0.25) is 9.36 Å². The second kappa shape index (κ2) is 9.26. The van der Waals surface area contributed by atoms with Gasteiger partial charge in [0, 0.05) is 25.7 Å². The van der Waals surface area contributed by atoms with E-state index in [0.29, 0.717) is 19.0 Å². The van der Waals surface area contributed by atoms with Gasteiger partial charge in [0.25, 0.3) is 5.56 Å². The lowest BCUT2D eigenvalue weighted by Gasteiger charge is -2.24. The number of nitrogens with one attached hydrogen (secondary N) is 1.